The molecule has 0 fully saturated rings. The van der Waals surface area contributed by atoms with Gasteiger partial charge < -0.3 is 120 Å². The van der Waals surface area contributed by atoms with Gasteiger partial charge in [-0.3, -0.25) is 96.3 Å². The third-order valence-electron chi connectivity index (χ3n) is 19.3. The zero-order valence-electron chi connectivity index (χ0n) is 67.6. The third kappa shape index (κ3) is 25.1. The highest BCUT2D eigenvalue weighted by atomic mass is 16.3. The maximum atomic E-state index is 12.9. The van der Waals surface area contributed by atoms with E-state index in [1.54, 1.807) is 0 Å². The molecule has 16 N–H and O–H groups in total. The van der Waals surface area contributed by atoms with Crippen molar-refractivity contribution < 1.29 is 79.2 Å². The van der Waals surface area contributed by atoms with E-state index in [0.717, 1.165) is 36.5 Å². The summed E-state index contributed by atoms with van der Waals surface area (Å²) in [4.78, 5) is 208. The number of pyridine rings is 8. The molecule has 8 aromatic heterocycles. The third-order valence-corrected chi connectivity index (χ3v) is 19.3. The summed E-state index contributed by atoms with van der Waals surface area (Å²) in [5.41, 5.74) is -7.77. The number of rotatable bonds is 39. The van der Waals surface area contributed by atoms with Gasteiger partial charge in [0.05, 0.1) is 44.5 Å². The molecule has 0 saturated carbocycles. The van der Waals surface area contributed by atoms with Crippen molar-refractivity contribution in [3.8, 4) is 46.0 Å². The monoisotopic (exact) mass is 1690 g/mol. The SMILES string of the molecule is Cn1ccc(C(=O)NCCN(CCCN(CCNC(=O)c2ccn(C)c(=O)c2O)CCNC(=O)c2ccn(C)c(=O)c2O)CCNC(=O)c2ccn(C)c(=O)c2O)c(O)c1=O.Cn1ccc(C(=O)NCCN(CCNC(=O)c2ccn(C)c(=O)c2O)CCN(CCNC(=O)c2ccn(C)c(=O)c2O)CCNC(=O)c2ccn(C)c(=O)c2O)c(O)c1=O. The Labute approximate surface area is 687 Å². The first-order valence-electron chi connectivity index (χ1n) is 37.6. The number of hydrogen-bond acceptors (Lipinski definition) is 28. The van der Waals surface area contributed by atoms with E-state index < -0.39 is 138 Å². The summed E-state index contributed by atoms with van der Waals surface area (Å²) in [6.45, 7) is 3.20. The summed E-state index contributed by atoms with van der Waals surface area (Å²) in [7, 11) is 11.4. The van der Waals surface area contributed by atoms with Crippen LogP contribution in [0.4, 0.5) is 0 Å². The summed E-state index contributed by atoms with van der Waals surface area (Å²) in [6, 6.07) is 10.4. The van der Waals surface area contributed by atoms with Crippen LogP contribution in [-0.2, 0) is 56.4 Å². The van der Waals surface area contributed by atoms with Gasteiger partial charge in [0.2, 0.25) is 0 Å². The molecule has 0 aromatic carbocycles. The van der Waals surface area contributed by atoms with E-state index in [4.69, 9.17) is 0 Å². The Hall–Kier alpha value is -14.4. The van der Waals surface area contributed by atoms with E-state index in [-0.39, 0.29) is 162 Å². The Morgan fingerprint density at radius 2 is 0.331 bits per heavy atom. The molecule has 44 heteroatoms. The van der Waals surface area contributed by atoms with Crippen LogP contribution in [-0.4, -0.2) is 275 Å². The molecule has 8 rings (SSSR count). The van der Waals surface area contributed by atoms with Gasteiger partial charge in [0.15, 0.2) is 46.0 Å². The standard InChI is InChI=1S/C39H50N10O12.C38H48N10O12/c1-44-16-6-24(28(50)36(44)58)32(54)40-10-20-48(21-11-41-33(55)25-7-17-45(2)37(59)29(25)51)14-5-15-49(22-12-42-34(56)26-8-18-46(3)38(60)30(26)52)23-13-43-35(57)27-9-19-47(4)39(61)31(27)53;1-43-13-5-23(27(49)35(43)57)31(53)39-9-17-47(18-10-40-32(54)24-6-14-44(2)36(58)28(24)50)21-22-48(19-11-41-33(55)25-7-15-45(3)37(59)29(25)51)20-12-42-34(56)26-8-16-46(4)38(60)30(26)52/h6-9,16-19,50-53H,5,10-15,20-23H2,1-4H3,(H,40,54)(H,41,55)(H,42,56)(H,43,57);5-8,13-16,49-52H,9-12,17-22H2,1-4H3,(H,39,53)(H,40,54)(H,41,55)(H,42,56). The molecule has 0 aliphatic heterocycles. The summed E-state index contributed by atoms with van der Waals surface area (Å²) < 4.78 is 8.92. The fourth-order valence-corrected chi connectivity index (χ4v) is 11.9. The minimum absolute atomic E-state index is 0.0170. The predicted octanol–water partition coefficient (Wildman–Crippen LogP) is -5.75. The Bertz CT molecular complexity index is 5010. The molecule has 0 aliphatic rings. The van der Waals surface area contributed by atoms with Crippen LogP contribution in [0.3, 0.4) is 0 Å². The van der Waals surface area contributed by atoms with Crippen LogP contribution in [0.5, 0.6) is 46.0 Å². The molecule has 0 bridgehead atoms. The first-order valence-corrected chi connectivity index (χ1v) is 37.6. The van der Waals surface area contributed by atoms with Crippen molar-refractivity contribution in [2.75, 3.05) is 131 Å². The van der Waals surface area contributed by atoms with Gasteiger partial charge in [0, 0.05) is 224 Å². The molecule has 8 amide bonds. The fraction of sp³-hybridized carbons (Fsp3) is 0.377. The second-order valence-corrected chi connectivity index (χ2v) is 27.7. The van der Waals surface area contributed by atoms with Crippen LogP contribution in [0.15, 0.2) is 136 Å². The maximum absolute atomic E-state index is 12.9. The summed E-state index contributed by atoms with van der Waals surface area (Å²) >= 11 is 0. The van der Waals surface area contributed by atoms with Crippen LogP contribution in [0.1, 0.15) is 89.3 Å². The number of hydrogen-bond donors (Lipinski definition) is 16. The van der Waals surface area contributed by atoms with Gasteiger partial charge in [0.25, 0.3) is 91.7 Å². The molecule has 44 nitrogen and oxygen atoms in total. The Balaban J connectivity index is 0.000000333. The molecular formula is C77H98N20O24. The molecule has 0 aliphatic carbocycles. The van der Waals surface area contributed by atoms with Crippen LogP contribution in [0.2, 0.25) is 0 Å². The molecule has 8 heterocycles. The van der Waals surface area contributed by atoms with Crippen LogP contribution >= 0.6 is 0 Å². The Morgan fingerprint density at radius 3 is 0.455 bits per heavy atom. The lowest BCUT2D eigenvalue weighted by Crippen LogP contribution is -2.46. The van der Waals surface area contributed by atoms with Gasteiger partial charge in [-0.2, -0.15) is 0 Å². The highest BCUT2D eigenvalue weighted by Crippen LogP contribution is 2.17. The second kappa shape index (κ2) is 43.7. The lowest BCUT2D eigenvalue weighted by atomic mass is 10.2. The zero-order chi connectivity index (χ0) is 89.2. The fourth-order valence-electron chi connectivity index (χ4n) is 11.9. The van der Waals surface area contributed by atoms with Crippen molar-refractivity contribution in [1.29, 1.82) is 0 Å². The van der Waals surface area contributed by atoms with Crippen molar-refractivity contribution in [3.05, 3.63) is 225 Å². The average molecular weight is 1690 g/mol. The van der Waals surface area contributed by atoms with Crippen molar-refractivity contribution in [2.45, 2.75) is 6.42 Å². The minimum atomic E-state index is -0.760. The smallest absolute Gasteiger partial charge is 0.293 e. The molecule has 121 heavy (non-hydrogen) atoms. The van der Waals surface area contributed by atoms with Gasteiger partial charge in [-0.05, 0) is 68.0 Å². The number of aromatic hydroxyl groups is 8. The van der Waals surface area contributed by atoms with E-state index >= 15 is 0 Å². The Kier molecular flexibility index (Phi) is 33.9. The summed E-state index contributed by atoms with van der Waals surface area (Å²) in [5, 5.41) is 103. The van der Waals surface area contributed by atoms with Gasteiger partial charge in [0.1, 0.15) is 0 Å². The summed E-state index contributed by atoms with van der Waals surface area (Å²) in [6.07, 6.45) is 11.2. The molecule has 650 valence electrons. The van der Waals surface area contributed by atoms with E-state index in [2.05, 4.69) is 42.5 Å². The van der Waals surface area contributed by atoms with Gasteiger partial charge in [-0.15, -0.1) is 0 Å². The van der Waals surface area contributed by atoms with E-state index in [0.29, 0.717) is 19.5 Å². The quantitative estimate of drug-likeness (QED) is 0.0171. The van der Waals surface area contributed by atoms with Crippen LogP contribution < -0.4 is 87.0 Å². The minimum Gasteiger partial charge on any atom is -0.502 e. The lowest BCUT2D eigenvalue weighted by Gasteiger charge is -2.28. The highest BCUT2D eigenvalue weighted by Gasteiger charge is 2.25. The molecule has 0 atom stereocenters. The second-order valence-electron chi connectivity index (χ2n) is 27.7. The van der Waals surface area contributed by atoms with Crippen molar-refractivity contribution in [3.63, 3.8) is 0 Å². The van der Waals surface area contributed by atoms with Crippen LogP contribution in [0.25, 0.3) is 0 Å². The van der Waals surface area contributed by atoms with E-state index in [9.17, 15) is 118 Å². The summed E-state index contributed by atoms with van der Waals surface area (Å²) in [5.74, 6) is -11.3. The number of amides is 8. The number of carbonyl (C=O) groups is 8. The number of carbonyl (C=O) groups excluding carboxylic acids is 8. The van der Waals surface area contributed by atoms with E-state index in [1.807, 2.05) is 19.6 Å². The first kappa shape index (κ1) is 93.8. The number of nitrogens with zero attached hydrogens (tertiary/aromatic N) is 12. The van der Waals surface area contributed by atoms with Crippen molar-refractivity contribution in [1.82, 2.24) is 98.7 Å². The largest absolute Gasteiger partial charge is 0.502 e. The number of nitrogens with one attached hydrogen (secondary N) is 8. The van der Waals surface area contributed by atoms with Crippen molar-refractivity contribution in [2.24, 2.45) is 56.4 Å². The van der Waals surface area contributed by atoms with Gasteiger partial charge in [-0.1, -0.05) is 0 Å². The van der Waals surface area contributed by atoms with E-state index in [1.165, 1.54) is 154 Å². The topological polar surface area (TPSA) is 584 Å². The lowest BCUT2D eigenvalue weighted by molar-refractivity contribution is 0.0919. The van der Waals surface area contributed by atoms with Gasteiger partial charge >= 0.3 is 0 Å². The molecule has 0 saturated heterocycles. The van der Waals surface area contributed by atoms with Crippen molar-refractivity contribution >= 4 is 47.3 Å². The Morgan fingerprint density at radius 1 is 0.215 bits per heavy atom. The molecular weight excluding hydrogens is 1590 g/mol. The molecule has 0 radical (unpaired) electrons. The molecule has 0 spiro atoms. The average Bonchev–Trinajstić information content (AvgIpc) is 0.875. The number of aromatic nitrogens is 8. The molecule has 0 unspecified atom stereocenters. The van der Waals surface area contributed by atoms with Crippen LogP contribution in [0, 0.1) is 0 Å². The first-order chi connectivity index (χ1) is 57.3. The zero-order valence-corrected chi connectivity index (χ0v) is 67.6. The van der Waals surface area contributed by atoms with Gasteiger partial charge in [-0.25, -0.2) is 0 Å². The normalized spacial score (nSPS) is 11.1. The predicted molar refractivity (Wildman–Crippen MR) is 436 cm³/mol. The maximum Gasteiger partial charge on any atom is 0.293 e. The number of aryl methyl sites for hydroxylation is 8. The highest BCUT2D eigenvalue weighted by molar-refractivity contribution is 6.00. The molecule has 8 aromatic rings.